The summed E-state index contributed by atoms with van der Waals surface area (Å²) in [5.41, 5.74) is 6.62. The molecule has 0 bridgehead atoms. The van der Waals surface area contributed by atoms with Crippen LogP contribution in [0.3, 0.4) is 0 Å². The van der Waals surface area contributed by atoms with Gasteiger partial charge in [-0.2, -0.15) is 0 Å². The Labute approximate surface area is 140 Å². The number of nitrogen functional groups attached to an aromatic ring is 1. The molecule has 0 saturated carbocycles. The van der Waals surface area contributed by atoms with Crippen LogP contribution in [-0.4, -0.2) is 12.5 Å². The van der Waals surface area contributed by atoms with E-state index >= 15 is 0 Å². The highest BCUT2D eigenvalue weighted by Gasteiger charge is 2.07. The number of benzene rings is 2. The molecule has 0 aliphatic carbocycles. The molecule has 0 aliphatic heterocycles. The first kappa shape index (κ1) is 15.9. The van der Waals surface area contributed by atoms with Gasteiger partial charge in [0, 0.05) is 10.7 Å². The number of hydrogen-bond donors (Lipinski definition) is 2. The zero-order valence-electron chi connectivity index (χ0n) is 10.7. The van der Waals surface area contributed by atoms with Crippen LogP contribution in [0.4, 0.5) is 11.4 Å². The van der Waals surface area contributed by atoms with Gasteiger partial charge in [0.15, 0.2) is 6.61 Å². The summed E-state index contributed by atoms with van der Waals surface area (Å²) in [6.45, 7) is -0.136. The standard InChI is InChI=1S/C14H11BrCl2N2O2/c15-10-5-8(16)1-4-13(10)21-7-14(20)19-9-2-3-11(17)12(18)6-9/h1-6H,7,18H2,(H,19,20). The van der Waals surface area contributed by atoms with Gasteiger partial charge < -0.3 is 15.8 Å². The van der Waals surface area contributed by atoms with Crippen molar-refractivity contribution >= 4 is 56.4 Å². The molecule has 0 radical (unpaired) electrons. The van der Waals surface area contributed by atoms with Crippen molar-refractivity contribution in [1.29, 1.82) is 0 Å². The minimum atomic E-state index is -0.307. The van der Waals surface area contributed by atoms with Crippen molar-refractivity contribution < 1.29 is 9.53 Å². The third-order valence-electron chi connectivity index (χ3n) is 2.53. The van der Waals surface area contributed by atoms with Crippen LogP contribution >= 0.6 is 39.1 Å². The lowest BCUT2D eigenvalue weighted by Gasteiger charge is -2.10. The summed E-state index contributed by atoms with van der Waals surface area (Å²) in [5, 5.41) is 3.69. The van der Waals surface area contributed by atoms with Crippen molar-refractivity contribution in [2.45, 2.75) is 0 Å². The quantitative estimate of drug-likeness (QED) is 0.763. The third-order valence-corrected chi connectivity index (χ3v) is 3.73. The Morgan fingerprint density at radius 3 is 2.67 bits per heavy atom. The van der Waals surface area contributed by atoms with Gasteiger partial charge in [-0.25, -0.2) is 0 Å². The smallest absolute Gasteiger partial charge is 0.262 e. The van der Waals surface area contributed by atoms with Crippen molar-refractivity contribution in [2.24, 2.45) is 0 Å². The molecule has 0 fully saturated rings. The largest absolute Gasteiger partial charge is 0.483 e. The molecule has 0 atom stereocenters. The minimum Gasteiger partial charge on any atom is -0.483 e. The Morgan fingerprint density at radius 2 is 2.00 bits per heavy atom. The topological polar surface area (TPSA) is 64.3 Å². The summed E-state index contributed by atoms with van der Waals surface area (Å²) < 4.78 is 6.08. The maximum absolute atomic E-state index is 11.8. The van der Waals surface area contributed by atoms with Crippen LogP contribution in [-0.2, 0) is 4.79 Å². The molecule has 110 valence electrons. The number of hydrogen-bond acceptors (Lipinski definition) is 3. The Kier molecular flexibility index (Phi) is 5.33. The van der Waals surface area contributed by atoms with E-state index in [9.17, 15) is 4.79 Å². The highest BCUT2D eigenvalue weighted by Crippen LogP contribution is 2.28. The number of anilines is 2. The second kappa shape index (κ2) is 7.02. The number of carbonyl (C=O) groups excluding carboxylic acids is 1. The third kappa shape index (κ3) is 4.52. The van der Waals surface area contributed by atoms with Crippen molar-refractivity contribution in [3.63, 3.8) is 0 Å². The van der Waals surface area contributed by atoms with Gasteiger partial charge in [-0.05, 0) is 52.3 Å². The second-order valence-electron chi connectivity index (χ2n) is 4.15. The number of nitrogens with one attached hydrogen (secondary N) is 1. The Hall–Kier alpha value is -1.43. The van der Waals surface area contributed by atoms with Crippen LogP contribution in [0.15, 0.2) is 40.9 Å². The first-order valence-electron chi connectivity index (χ1n) is 5.88. The molecule has 0 unspecified atom stereocenters. The lowest BCUT2D eigenvalue weighted by molar-refractivity contribution is -0.118. The van der Waals surface area contributed by atoms with Gasteiger partial charge in [-0.3, -0.25) is 4.79 Å². The average Bonchev–Trinajstić information content (AvgIpc) is 2.42. The summed E-state index contributed by atoms with van der Waals surface area (Å²) in [6.07, 6.45) is 0. The molecule has 7 heteroatoms. The van der Waals surface area contributed by atoms with E-state index in [0.717, 1.165) is 0 Å². The molecule has 21 heavy (non-hydrogen) atoms. The van der Waals surface area contributed by atoms with E-state index in [-0.39, 0.29) is 12.5 Å². The molecule has 2 aromatic carbocycles. The molecule has 2 rings (SSSR count). The molecule has 0 spiro atoms. The van der Waals surface area contributed by atoms with Gasteiger partial charge in [0.05, 0.1) is 15.2 Å². The molecule has 1 amide bonds. The normalized spacial score (nSPS) is 10.2. The first-order chi connectivity index (χ1) is 9.95. The van der Waals surface area contributed by atoms with Gasteiger partial charge in [0.1, 0.15) is 5.75 Å². The van der Waals surface area contributed by atoms with Crippen LogP contribution in [0.2, 0.25) is 10.0 Å². The highest BCUT2D eigenvalue weighted by atomic mass is 79.9. The maximum Gasteiger partial charge on any atom is 0.262 e. The van der Waals surface area contributed by atoms with Gasteiger partial charge in [0.25, 0.3) is 5.91 Å². The van der Waals surface area contributed by atoms with Crippen LogP contribution in [0.25, 0.3) is 0 Å². The number of halogens is 3. The summed E-state index contributed by atoms with van der Waals surface area (Å²) >= 11 is 14.9. The first-order valence-corrected chi connectivity index (χ1v) is 7.43. The molecule has 2 aromatic rings. The number of nitrogens with two attached hydrogens (primary N) is 1. The average molecular weight is 390 g/mol. The monoisotopic (exact) mass is 388 g/mol. The Balaban J connectivity index is 1.94. The predicted octanol–water partition coefficient (Wildman–Crippen LogP) is 4.36. The fourth-order valence-electron chi connectivity index (χ4n) is 1.55. The van der Waals surface area contributed by atoms with Crippen LogP contribution < -0.4 is 15.8 Å². The van der Waals surface area contributed by atoms with E-state index in [1.165, 1.54) is 0 Å². The van der Waals surface area contributed by atoms with Crippen LogP contribution in [0.1, 0.15) is 0 Å². The van der Waals surface area contributed by atoms with Crippen molar-refractivity contribution in [1.82, 2.24) is 0 Å². The molecule has 0 saturated heterocycles. The minimum absolute atomic E-state index is 0.136. The van der Waals surface area contributed by atoms with E-state index in [2.05, 4.69) is 21.2 Å². The lowest BCUT2D eigenvalue weighted by Crippen LogP contribution is -2.20. The fourth-order valence-corrected chi connectivity index (χ4v) is 2.47. The van der Waals surface area contributed by atoms with Crippen molar-refractivity contribution in [2.75, 3.05) is 17.7 Å². The summed E-state index contributed by atoms with van der Waals surface area (Å²) in [5.74, 6) is 0.226. The Morgan fingerprint density at radius 1 is 1.24 bits per heavy atom. The fraction of sp³-hybridized carbons (Fsp3) is 0.0714. The molecule has 0 aliphatic rings. The summed E-state index contributed by atoms with van der Waals surface area (Å²) in [4.78, 5) is 11.8. The number of amides is 1. The molecular weight excluding hydrogens is 379 g/mol. The van der Waals surface area contributed by atoms with Gasteiger partial charge in [-0.1, -0.05) is 23.2 Å². The molecule has 0 heterocycles. The predicted molar refractivity (Wildman–Crippen MR) is 89.1 cm³/mol. The summed E-state index contributed by atoms with van der Waals surface area (Å²) in [7, 11) is 0. The van der Waals surface area contributed by atoms with E-state index < -0.39 is 0 Å². The second-order valence-corrected chi connectivity index (χ2v) is 5.85. The van der Waals surface area contributed by atoms with Gasteiger partial charge in [-0.15, -0.1) is 0 Å². The van der Waals surface area contributed by atoms with E-state index in [1.54, 1.807) is 36.4 Å². The number of ether oxygens (including phenoxy) is 1. The van der Waals surface area contributed by atoms with E-state index in [0.29, 0.717) is 31.6 Å². The number of rotatable bonds is 4. The van der Waals surface area contributed by atoms with Crippen LogP contribution in [0, 0.1) is 0 Å². The van der Waals surface area contributed by atoms with Crippen molar-refractivity contribution in [3.8, 4) is 5.75 Å². The molecule has 4 nitrogen and oxygen atoms in total. The molecule has 3 N–H and O–H groups in total. The SMILES string of the molecule is Nc1cc(NC(=O)COc2ccc(Cl)cc2Br)ccc1Cl. The molecule has 0 aromatic heterocycles. The van der Waals surface area contributed by atoms with Gasteiger partial charge >= 0.3 is 0 Å². The van der Waals surface area contributed by atoms with E-state index in [4.69, 9.17) is 33.7 Å². The Bertz CT molecular complexity index is 680. The zero-order valence-corrected chi connectivity index (χ0v) is 13.8. The van der Waals surface area contributed by atoms with Gasteiger partial charge in [0.2, 0.25) is 0 Å². The lowest BCUT2D eigenvalue weighted by atomic mass is 10.3. The van der Waals surface area contributed by atoms with Crippen LogP contribution in [0.5, 0.6) is 5.75 Å². The summed E-state index contributed by atoms with van der Waals surface area (Å²) in [6, 6.07) is 9.91. The molecular formula is C14H11BrCl2N2O2. The van der Waals surface area contributed by atoms with E-state index in [1.807, 2.05) is 0 Å². The zero-order chi connectivity index (χ0) is 15.4. The highest BCUT2D eigenvalue weighted by molar-refractivity contribution is 9.10. The maximum atomic E-state index is 11.8. The van der Waals surface area contributed by atoms with Crippen molar-refractivity contribution in [3.05, 3.63) is 50.9 Å². The number of carbonyl (C=O) groups is 1.